The number of hydrogen-bond donors (Lipinski definition) is 2. The first-order valence-corrected chi connectivity index (χ1v) is 19.0. The number of amides is 4. The minimum absolute atomic E-state index is 0.00574. The molecular weight excluding hydrogens is 687 g/mol. The van der Waals surface area contributed by atoms with Crippen molar-refractivity contribution in [2.45, 2.75) is 87.8 Å². The fraction of sp³-hybridized carbons (Fsp3) is 0.500. The summed E-state index contributed by atoms with van der Waals surface area (Å²) < 4.78 is 38.9. The van der Waals surface area contributed by atoms with Crippen LogP contribution in [0.15, 0.2) is 66.9 Å². The minimum atomic E-state index is -4.06. The number of benzene rings is 2. The van der Waals surface area contributed by atoms with E-state index in [-0.39, 0.29) is 38.8 Å². The molecule has 6 rings (SSSR count). The topological polar surface area (TPSA) is 164 Å². The molecule has 14 heteroatoms. The van der Waals surface area contributed by atoms with E-state index in [9.17, 15) is 27.6 Å². The lowest BCUT2D eigenvalue weighted by Gasteiger charge is -2.35. The molecule has 1 aliphatic heterocycles. The van der Waals surface area contributed by atoms with Gasteiger partial charge in [0.25, 0.3) is 5.91 Å². The van der Waals surface area contributed by atoms with Gasteiger partial charge in [0.2, 0.25) is 33.6 Å². The first-order valence-electron chi connectivity index (χ1n) is 17.6. The monoisotopic (exact) mass is 733 g/mol. The van der Waals surface area contributed by atoms with Gasteiger partial charge < -0.3 is 25.0 Å². The normalized spacial score (nSPS) is 20.8. The molecule has 52 heavy (non-hydrogen) atoms. The molecule has 1 saturated heterocycles. The van der Waals surface area contributed by atoms with Crippen molar-refractivity contribution in [2.75, 3.05) is 27.3 Å². The molecular formula is C38H47N5O8S. The van der Waals surface area contributed by atoms with Crippen LogP contribution in [-0.4, -0.2) is 102 Å². The third kappa shape index (κ3) is 7.36. The number of hydrogen-bond acceptors (Lipinski definition) is 9. The Labute approximate surface area is 304 Å². The van der Waals surface area contributed by atoms with E-state index >= 15 is 0 Å². The number of nitrogens with zero attached hydrogens (tertiary/aromatic N) is 3. The van der Waals surface area contributed by atoms with Crippen LogP contribution in [-0.2, 0) is 40.4 Å². The summed E-state index contributed by atoms with van der Waals surface area (Å²) in [7, 11) is -1.42. The second kappa shape index (κ2) is 14.1. The van der Waals surface area contributed by atoms with Gasteiger partial charge >= 0.3 is 0 Å². The Morgan fingerprint density at radius 1 is 1.00 bits per heavy atom. The number of methoxy groups -OCH3 is 1. The molecule has 0 bridgehead atoms. The van der Waals surface area contributed by atoms with Crippen molar-refractivity contribution in [1.82, 2.24) is 24.8 Å². The van der Waals surface area contributed by atoms with Crippen LogP contribution in [0, 0.1) is 5.41 Å². The Balaban J connectivity index is 1.24. The summed E-state index contributed by atoms with van der Waals surface area (Å²) in [6.45, 7) is 5.17. The Kier molecular flexibility index (Phi) is 10.1. The van der Waals surface area contributed by atoms with Crippen molar-refractivity contribution in [3.8, 4) is 5.88 Å². The first kappa shape index (κ1) is 37.2. The molecule has 3 atom stereocenters. The van der Waals surface area contributed by atoms with E-state index in [0.29, 0.717) is 18.7 Å². The highest BCUT2D eigenvalue weighted by molar-refractivity contribution is 7.91. The summed E-state index contributed by atoms with van der Waals surface area (Å²) in [5, 5.41) is 7.29. The van der Waals surface area contributed by atoms with Gasteiger partial charge in [0.1, 0.15) is 30.3 Å². The molecule has 0 spiro atoms. The quantitative estimate of drug-likeness (QED) is 0.269. The highest BCUT2D eigenvalue weighted by Gasteiger charge is 2.61. The standard InChI is InChI=1S/C38H47N5O8S/c1-36(2,3)31(40-30(44)24-50-5)34(46)43-23-27(51-33-28-14-10-9-13-26(28)15-20-39-33)21-29(43)32(45)41-38(18-19-38)35(47)42(4)52(48,49)37(16-17-37)22-25-11-7-6-8-12-25/h6-15,20,27,29,31H,16-19,21-24H2,1-5H3,(H,40,44)(H,41,45)/t27-,29+,31-/m1/s1. The molecule has 1 aromatic heterocycles. The predicted octanol–water partition coefficient (Wildman–Crippen LogP) is 2.97. The van der Waals surface area contributed by atoms with Crippen molar-refractivity contribution in [2.24, 2.45) is 5.41 Å². The molecule has 3 aromatic rings. The maximum absolute atomic E-state index is 14.3. The highest BCUT2D eigenvalue weighted by Crippen LogP contribution is 2.49. The van der Waals surface area contributed by atoms with Gasteiger partial charge in [-0.05, 0) is 60.6 Å². The van der Waals surface area contributed by atoms with E-state index in [1.807, 2.05) is 60.7 Å². The number of nitrogens with one attached hydrogen (secondary N) is 2. The summed E-state index contributed by atoms with van der Waals surface area (Å²) in [5.41, 5.74) is -1.31. The molecule has 2 heterocycles. The number of likely N-dealkylation sites (tertiary alicyclic amines) is 1. The summed E-state index contributed by atoms with van der Waals surface area (Å²) >= 11 is 0. The van der Waals surface area contributed by atoms with Crippen LogP contribution in [0.1, 0.15) is 58.4 Å². The lowest BCUT2D eigenvalue weighted by molar-refractivity contribution is -0.145. The number of carbonyl (C=O) groups is 4. The van der Waals surface area contributed by atoms with Crippen molar-refractivity contribution in [1.29, 1.82) is 0 Å². The van der Waals surface area contributed by atoms with Crippen LogP contribution in [0.25, 0.3) is 10.8 Å². The largest absolute Gasteiger partial charge is 0.472 e. The Hall–Kier alpha value is -4.56. The van der Waals surface area contributed by atoms with Crippen LogP contribution in [0.5, 0.6) is 5.88 Å². The second-order valence-electron chi connectivity index (χ2n) is 15.3. The molecule has 2 N–H and O–H groups in total. The Morgan fingerprint density at radius 2 is 1.67 bits per heavy atom. The fourth-order valence-electron chi connectivity index (χ4n) is 7.04. The molecule has 2 aliphatic carbocycles. The molecule has 13 nitrogen and oxygen atoms in total. The average molecular weight is 734 g/mol. The minimum Gasteiger partial charge on any atom is -0.472 e. The molecule has 2 aromatic carbocycles. The number of fused-ring (bicyclic) bond motifs is 1. The Morgan fingerprint density at radius 3 is 2.31 bits per heavy atom. The van der Waals surface area contributed by atoms with E-state index in [0.717, 1.165) is 20.6 Å². The third-order valence-electron chi connectivity index (χ3n) is 10.3. The van der Waals surface area contributed by atoms with Crippen LogP contribution >= 0.6 is 0 Å². The second-order valence-corrected chi connectivity index (χ2v) is 17.7. The van der Waals surface area contributed by atoms with Crippen molar-refractivity contribution < 1.29 is 37.1 Å². The van der Waals surface area contributed by atoms with Crippen LogP contribution < -0.4 is 15.4 Å². The van der Waals surface area contributed by atoms with Gasteiger partial charge in [-0.2, -0.15) is 0 Å². The first-order chi connectivity index (χ1) is 24.6. The van der Waals surface area contributed by atoms with Gasteiger partial charge in [0, 0.05) is 32.2 Å². The van der Waals surface area contributed by atoms with E-state index in [4.69, 9.17) is 9.47 Å². The number of likely N-dealkylation sites (N-methyl/N-ethyl adjacent to an activating group) is 1. The molecule has 3 aliphatic rings. The average Bonchev–Trinajstić information content (AvgIpc) is 4.04. The molecule has 4 amide bonds. The predicted molar refractivity (Wildman–Crippen MR) is 193 cm³/mol. The van der Waals surface area contributed by atoms with Crippen molar-refractivity contribution >= 4 is 44.4 Å². The van der Waals surface area contributed by atoms with E-state index in [2.05, 4.69) is 15.6 Å². The van der Waals surface area contributed by atoms with Gasteiger partial charge in [-0.25, -0.2) is 17.7 Å². The SMILES string of the molecule is COCC(=O)N[C@H](C(=O)N1C[C@H](Oc2nccc3ccccc23)C[C@H]1C(=O)NC1(C(=O)N(C)S(=O)(=O)C2(Cc3ccccc3)CC2)CC1)C(C)(C)C. The van der Waals surface area contributed by atoms with Gasteiger partial charge in [0.05, 0.1) is 11.3 Å². The summed E-state index contributed by atoms with van der Waals surface area (Å²) in [6, 6.07) is 16.6. The molecule has 0 unspecified atom stereocenters. The smallest absolute Gasteiger partial charge is 0.261 e. The lowest BCUT2D eigenvalue weighted by atomic mass is 9.85. The zero-order chi connectivity index (χ0) is 37.5. The van der Waals surface area contributed by atoms with Crippen LogP contribution in [0.3, 0.4) is 0 Å². The number of ether oxygens (including phenoxy) is 2. The van der Waals surface area contributed by atoms with Crippen molar-refractivity contribution in [3.05, 3.63) is 72.4 Å². The number of pyridine rings is 1. The van der Waals surface area contributed by atoms with Gasteiger partial charge in [-0.15, -0.1) is 0 Å². The lowest BCUT2D eigenvalue weighted by Crippen LogP contribution is -2.60. The molecule has 0 radical (unpaired) electrons. The number of carbonyl (C=O) groups excluding carboxylic acids is 4. The maximum atomic E-state index is 14.3. The van der Waals surface area contributed by atoms with Crippen LogP contribution in [0.2, 0.25) is 0 Å². The zero-order valence-electron chi connectivity index (χ0n) is 30.3. The van der Waals surface area contributed by atoms with Crippen molar-refractivity contribution in [3.63, 3.8) is 0 Å². The van der Waals surface area contributed by atoms with Gasteiger partial charge in [-0.3, -0.25) is 19.2 Å². The summed E-state index contributed by atoms with van der Waals surface area (Å²) in [6.07, 6.45) is 2.70. The number of aromatic nitrogens is 1. The van der Waals surface area contributed by atoms with Gasteiger partial charge in [0.15, 0.2) is 0 Å². The fourth-order valence-corrected chi connectivity index (χ4v) is 8.98. The molecule has 278 valence electrons. The molecule has 2 saturated carbocycles. The summed E-state index contributed by atoms with van der Waals surface area (Å²) in [4.78, 5) is 61.0. The van der Waals surface area contributed by atoms with Gasteiger partial charge in [-0.1, -0.05) is 69.3 Å². The van der Waals surface area contributed by atoms with E-state index < -0.39 is 67.5 Å². The van der Waals surface area contributed by atoms with E-state index in [1.54, 1.807) is 27.0 Å². The highest BCUT2D eigenvalue weighted by atomic mass is 32.2. The third-order valence-corrected chi connectivity index (χ3v) is 12.9. The molecule has 3 fully saturated rings. The number of sulfonamides is 1. The Bertz CT molecular complexity index is 1950. The summed E-state index contributed by atoms with van der Waals surface area (Å²) in [5.74, 6) is -1.95. The maximum Gasteiger partial charge on any atom is 0.261 e. The zero-order valence-corrected chi connectivity index (χ0v) is 31.1. The van der Waals surface area contributed by atoms with Crippen LogP contribution in [0.4, 0.5) is 0 Å². The van der Waals surface area contributed by atoms with E-state index in [1.165, 1.54) is 19.1 Å². The number of rotatable bonds is 13.